The Bertz CT molecular complexity index is 700. The molecule has 2 fully saturated rings. The van der Waals surface area contributed by atoms with Gasteiger partial charge < -0.3 is 14.2 Å². The topological polar surface area (TPSA) is 58.8 Å². The summed E-state index contributed by atoms with van der Waals surface area (Å²) >= 11 is 1.73. The maximum absolute atomic E-state index is 12.6. The predicted molar refractivity (Wildman–Crippen MR) is 90.0 cm³/mol. The van der Waals surface area contributed by atoms with Gasteiger partial charge >= 0.3 is 0 Å². The van der Waals surface area contributed by atoms with Gasteiger partial charge in [0.25, 0.3) is 5.91 Å². The zero-order chi connectivity index (χ0) is 16.5. The summed E-state index contributed by atoms with van der Waals surface area (Å²) in [5.74, 6) is 0.579. The molecule has 2 aromatic heterocycles. The molecular weight excluding hydrogens is 326 g/mol. The number of likely N-dealkylation sites (tertiary alicyclic amines) is 1. The molecule has 4 rings (SSSR count). The number of aromatic nitrogens is 1. The Hall–Kier alpha value is -1.70. The minimum Gasteiger partial charge on any atom is -0.375 e. The van der Waals surface area contributed by atoms with Gasteiger partial charge in [-0.25, -0.2) is 0 Å². The van der Waals surface area contributed by atoms with Gasteiger partial charge in [-0.15, -0.1) is 0 Å². The SMILES string of the molecule is Cc1cc(C(=O)N2C[C@H]3CN(Cc4ccsc4)CCO[C@H]3C2)on1. The normalized spacial score (nSPS) is 24.8. The predicted octanol–water partition coefficient (Wildman–Crippen LogP) is 2.02. The van der Waals surface area contributed by atoms with Crippen LogP contribution in [0.5, 0.6) is 0 Å². The molecule has 1 amide bonds. The van der Waals surface area contributed by atoms with Crippen LogP contribution in [0.15, 0.2) is 27.4 Å². The van der Waals surface area contributed by atoms with Gasteiger partial charge in [0.15, 0.2) is 0 Å². The molecule has 0 aromatic carbocycles. The Kier molecular flexibility index (Phi) is 4.39. The van der Waals surface area contributed by atoms with Crippen LogP contribution in [0.1, 0.15) is 21.8 Å². The van der Waals surface area contributed by atoms with Crippen LogP contribution in [-0.4, -0.2) is 59.8 Å². The van der Waals surface area contributed by atoms with Gasteiger partial charge in [-0.3, -0.25) is 9.69 Å². The lowest BCUT2D eigenvalue weighted by Gasteiger charge is -2.22. The van der Waals surface area contributed by atoms with Crippen molar-refractivity contribution in [3.63, 3.8) is 0 Å². The zero-order valence-electron chi connectivity index (χ0n) is 13.7. The fraction of sp³-hybridized carbons (Fsp3) is 0.529. The standard InChI is InChI=1S/C17H21N3O3S/c1-12-6-15(23-18-12)17(21)20-9-14-8-19(3-4-22-16(14)10-20)7-13-2-5-24-11-13/h2,5-6,11,14,16H,3-4,7-10H2,1H3/t14-,16+/m1/s1. The van der Waals surface area contributed by atoms with Crippen molar-refractivity contribution in [3.05, 3.63) is 39.9 Å². The molecule has 128 valence electrons. The third-order valence-electron chi connectivity index (χ3n) is 4.73. The first-order valence-corrected chi connectivity index (χ1v) is 9.21. The van der Waals surface area contributed by atoms with E-state index in [0.29, 0.717) is 24.8 Å². The molecule has 0 unspecified atom stereocenters. The third-order valence-corrected chi connectivity index (χ3v) is 5.46. The summed E-state index contributed by atoms with van der Waals surface area (Å²) in [6.45, 7) is 6.73. The van der Waals surface area contributed by atoms with E-state index in [4.69, 9.17) is 9.26 Å². The second kappa shape index (κ2) is 6.66. The number of nitrogens with zero attached hydrogens (tertiary/aromatic N) is 3. The van der Waals surface area contributed by atoms with Crippen LogP contribution in [0.3, 0.4) is 0 Å². The number of thiophene rings is 1. The van der Waals surface area contributed by atoms with Crippen molar-refractivity contribution >= 4 is 17.2 Å². The minimum absolute atomic E-state index is 0.0864. The maximum atomic E-state index is 12.6. The fourth-order valence-electron chi connectivity index (χ4n) is 3.53. The number of hydrogen-bond donors (Lipinski definition) is 0. The van der Waals surface area contributed by atoms with E-state index >= 15 is 0 Å². The first-order chi connectivity index (χ1) is 11.7. The number of carbonyl (C=O) groups excluding carboxylic acids is 1. The maximum Gasteiger partial charge on any atom is 0.292 e. The van der Waals surface area contributed by atoms with Crippen LogP contribution in [0.4, 0.5) is 0 Å². The first kappa shape index (κ1) is 15.8. The molecule has 0 radical (unpaired) electrons. The summed E-state index contributed by atoms with van der Waals surface area (Å²) in [4.78, 5) is 16.8. The lowest BCUT2D eigenvalue weighted by molar-refractivity contribution is 0.0474. The molecule has 0 spiro atoms. The third kappa shape index (κ3) is 3.24. The van der Waals surface area contributed by atoms with E-state index in [1.165, 1.54) is 5.56 Å². The molecule has 0 N–H and O–H groups in total. The second-order valence-corrected chi connectivity index (χ2v) is 7.36. The zero-order valence-corrected chi connectivity index (χ0v) is 14.5. The van der Waals surface area contributed by atoms with Gasteiger partial charge in [-0.05, 0) is 29.3 Å². The summed E-state index contributed by atoms with van der Waals surface area (Å²) < 4.78 is 11.1. The van der Waals surface area contributed by atoms with Crippen LogP contribution < -0.4 is 0 Å². The monoisotopic (exact) mass is 347 g/mol. The largest absolute Gasteiger partial charge is 0.375 e. The Morgan fingerprint density at radius 3 is 3.08 bits per heavy atom. The van der Waals surface area contributed by atoms with Crippen molar-refractivity contribution in [3.8, 4) is 0 Å². The van der Waals surface area contributed by atoms with E-state index in [1.807, 2.05) is 11.8 Å². The van der Waals surface area contributed by atoms with Gasteiger partial charge in [0.05, 0.1) is 18.4 Å². The molecule has 2 aliphatic rings. The molecule has 7 heteroatoms. The molecule has 2 aliphatic heterocycles. The van der Waals surface area contributed by atoms with E-state index in [-0.39, 0.29) is 12.0 Å². The summed E-state index contributed by atoms with van der Waals surface area (Å²) in [5.41, 5.74) is 2.08. The molecule has 24 heavy (non-hydrogen) atoms. The van der Waals surface area contributed by atoms with Gasteiger partial charge in [0.2, 0.25) is 5.76 Å². The molecule has 6 nitrogen and oxygen atoms in total. The van der Waals surface area contributed by atoms with Crippen molar-refractivity contribution in [1.82, 2.24) is 15.0 Å². The summed E-state index contributed by atoms with van der Waals surface area (Å²) in [6.07, 6.45) is 0.116. The Morgan fingerprint density at radius 1 is 1.42 bits per heavy atom. The highest BCUT2D eigenvalue weighted by Crippen LogP contribution is 2.26. The smallest absolute Gasteiger partial charge is 0.292 e. The number of rotatable bonds is 3. The lowest BCUT2D eigenvalue weighted by Crippen LogP contribution is -2.33. The molecule has 2 atom stereocenters. The minimum atomic E-state index is -0.0864. The molecule has 0 aliphatic carbocycles. The number of aryl methyl sites for hydroxylation is 1. The van der Waals surface area contributed by atoms with Gasteiger partial charge in [0, 0.05) is 44.7 Å². The quantitative estimate of drug-likeness (QED) is 0.850. The van der Waals surface area contributed by atoms with Crippen LogP contribution in [0.2, 0.25) is 0 Å². The van der Waals surface area contributed by atoms with E-state index in [0.717, 1.165) is 31.9 Å². The van der Waals surface area contributed by atoms with Gasteiger partial charge in [-0.1, -0.05) is 5.16 Å². The van der Waals surface area contributed by atoms with E-state index in [1.54, 1.807) is 17.4 Å². The average molecular weight is 347 g/mol. The highest BCUT2D eigenvalue weighted by Gasteiger charge is 2.39. The van der Waals surface area contributed by atoms with Crippen molar-refractivity contribution in [2.75, 3.05) is 32.8 Å². The fourth-order valence-corrected chi connectivity index (χ4v) is 4.19. The van der Waals surface area contributed by atoms with Crippen molar-refractivity contribution < 1.29 is 14.1 Å². The second-order valence-electron chi connectivity index (χ2n) is 6.58. The Labute approximate surface area is 145 Å². The van der Waals surface area contributed by atoms with Crippen LogP contribution in [0.25, 0.3) is 0 Å². The number of fused-ring (bicyclic) bond motifs is 1. The highest BCUT2D eigenvalue weighted by atomic mass is 32.1. The van der Waals surface area contributed by atoms with E-state index in [2.05, 4.69) is 26.9 Å². The van der Waals surface area contributed by atoms with Crippen molar-refractivity contribution in [1.29, 1.82) is 0 Å². The number of ether oxygens (including phenoxy) is 1. The van der Waals surface area contributed by atoms with E-state index < -0.39 is 0 Å². The average Bonchev–Trinajstić information content (AvgIpc) is 3.28. The van der Waals surface area contributed by atoms with Crippen LogP contribution in [-0.2, 0) is 11.3 Å². The molecule has 0 bridgehead atoms. The van der Waals surface area contributed by atoms with Gasteiger partial charge in [0.1, 0.15) is 0 Å². The molecule has 0 saturated carbocycles. The summed E-state index contributed by atoms with van der Waals surface area (Å²) in [5, 5.41) is 8.11. The Morgan fingerprint density at radius 2 is 2.33 bits per heavy atom. The number of amides is 1. The first-order valence-electron chi connectivity index (χ1n) is 8.26. The van der Waals surface area contributed by atoms with Crippen molar-refractivity contribution in [2.24, 2.45) is 5.92 Å². The molecular formula is C17H21N3O3S. The number of hydrogen-bond acceptors (Lipinski definition) is 6. The van der Waals surface area contributed by atoms with Crippen molar-refractivity contribution in [2.45, 2.75) is 19.6 Å². The summed E-state index contributed by atoms with van der Waals surface area (Å²) in [7, 11) is 0. The molecule has 2 aromatic rings. The van der Waals surface area contributed by atoms with E-state index in [9.17, 15) is 4.79 Å². The lowest BCUT2D eigenvalue weighted by atomic mass is 10.1. The molecule has 4 heterocycles. The van der Waals surface area contributed by atoms with Gasteiger partial charge in [-0.2, -0.15) is 11.3 Å². The highest BCUT2D eigenvalue weighted by molar-refractivity contribution is 7.07. The molecule has 2 saturated heterocycles. The van der Waals surface area contributed by atoms with Crippen LogP contribution in [0, 0.1) is 12.8 Å². The summed E-state index contributed by atoms with van der Waals surface area (Å²) in [6, 6.07) is 3.87. The number of carbonyl (C=O) groups is 1. The Balaban J connectivity index is 1.41. The van der Waals surface area contributed by atoms with Crippen LogP contribution >= 0.6 is 11.3 Å².